The van der Waals surface area contributed by atoms with Gasteiger partial charge in [-0.15, -0.1) is 11.3 Å². The number of hydrogen-bond acceptors (Lipinski definition) is 5. The van der Waals surface area contributed by atoms with Gasteiger partial charge in [0.25, 0.3) is 11.5 Å². The van der Waals surface area contributed by atoms with Crippen LogP contribution in [-0.2, 0) is 29.7 Å². The zero-order valence-corrected chi connectivity index (χ0v) is 18.6. The van der Waals surface area contributed by atoms with Gasteiger partial charge in [-0.05, 0) is 50.2 Å². The summed E-state index contributed by atoms with van der Waals surface area (Å²) < 4.78 is 0. The highest BCUT2D eigenvalue weighted by Crippen LogP contribution is 2.36. The van der Waals surface area contributed by atoms with E-state index in [1.807, 2.05) is 31.2 Å². The molecule has 0 unspecified atom stereocenters. The number of benzene rings is 1. The van der Waals surface area contributed by atoms with Crippen molar-refractivity contribution in [1.29, 1.82) is 0 Å². The van der Waals surface area contributed by atoms with Crippen LogP contribution in [0.1, 0.15) is 47.7 Å². The minimum atomic E-state index is -1.15. The highest BCUT2D eigenvalue weighted by molar-refractivity contribution is 7.18. The van der Waals surface area contributed by atoms with Crippen LogP contribution in [0, 0.1) is 12.8 Å². The lowest BCUT2D eigenvalue weighted by Gasteiger charge is -2.22. The molecule has 0 bridgehead atoms. The zero-order valence-electron chi connectivity index (χ0n) is 17.7. The molecule has 0 saturated carbocycles. The van der Waals surface area contributed by atoms with E-state index in [2.05, 4.69) is 22.2 Å². The van der Waals surface area contributed by atoms with Crippen molar-refractivity contribution in [3.8, 4) is 0 Å². The van der Waals surface area contributed by atoms with Gasteiger partial charge in [0.1, 0.15) is 16.2 Å². The smallest absolute Gasteiger partial charge is 0.319 e. The fourth-order valence-corrected chi connectivity index (χ4v) is 5.94. The van der Waals surface area contributed by atoms with Crippen molar-refractivity contribution in [3.63, 3.8) is 0 Å². The second-order valence-corrected chi connectivity index (χ2v) is 9.94. The molecule has 7 nitrogen and oxygen atoms in total. The standard InChI is InChI=1S/C23H24N4O3S/c1-12-4-7-14(8-5-12)23(3)21(29)27(22(30)26-23)11-17-24-19(28)18-15-9-6-13(2)10-16(15)31-20(18)25-17/h4-5,7-8,13H,6,9-11H2,1-3H3,(H,26,30)(H,24,25,28)/t13-,23-/m1/s1. The highest BCUT2D eigenvalue weighted by Gasteiger charge is 2.49. The van der Waals surface area contributed by atoms with Crippen molar-refractivity contribution in [3.05, 3.63) is 62.0 Å². The van der Waals surface area contributed by atoms with Crippen molar-refractivity contribution >= 4 is 33.5 Å². The average Bonchev–Trinajstić information content (AvgIpc) is 3.18. The molecule has 5 rings (SSSR count). The quantitative estimate of drug-likeness (QED) is 0.616. The summed E-state index contributed by atoms with van der Waals surface area (Å²) in [6, 6.07) is 7.03. The molecule has 8 heteroatoms. The van der Waals surface area contributed by atoms with E-state index < -0.39 is 11.6 Å². The maximum atomic E-state index is 13.2. The van der Waals surface area contributed by atoms with Gasteiger partial charge in [-0.25, -0.2) is 9.78 Å². The van der Waals surface area contributed by atoms with Gasteiger partial charge in [-0.2, -0.15) is 0 Å². The number of aromatic nitrogens is 2. The van der Waals surface area contributed by atoms with Crippen molar-refractivity contribution in [1.82, 2.24) is 20.2 Å². The number of nitrogens with zero attached hydrogens (tertiary/aromatic N) is 2. The summed E-state index contributed by atoms with van der Waals surface area (Å²) in [4.78, 5) is 49.2. The molecular weight excluding hydrogens is 412 g/mol. The number of urea groups is 1. The molecule has 160 valence electrons. The minimum Gasteiger partial charge on any atom is -0.319 e. The first kappa shape index (κ1) is 19.9. The lowest BCUT2D eigenvalue weighted by molar-refractivity contribution is -0.131. The predicted octanol–water partition coefficient (Wildman–Crippen LogP) is 3.39. The summed E-state index contributed by atoms with van der Waals surface area (Å²) in [6.07, 6.45) is 2.93. The second-order valence-electron chi connectivity index (χ2n) is 8.86. The lowest BCUT2D eigenvalue weighted by atomic mass is 9.89. The zero-order chi connectivity index (χ0) is 21.9. The number of carbonyl (C=O) groups excluding carboxylic acids is 2. The van der Waals surface area contributed by atoms with Crippen LogP contribution in [-0.4, -0.2) is 26.8 Å². The lowest BCUT2D eigenvalue weighted by Crippen LogP contribution is -2.40. The minimum absolute atomic E-state index is 0.0731. The van der Waals surface area contributed by atoms with Crippen LogP contribution in [0.5, 0.6) is 0 Å². The van der Waals surface area contributed by atoms with Gasteiger partial charge in [0.15, 0.2) is 0 Å². The monoisotopic (exact) mass is 436 g/mol. The number of amides is 3. The predicted molar refractivity (Wildman–Crippen MR) is 119 cm³/mol. The second kappa shape index (κ2) is 7.02. The number of rotatable bonds is 3. The normalized spacial score (nSPS) is 23.3. The molecule has 3 aromatic rings. The maximum Gasteiger partial charge on any atom is 0.325 e. The number of nitrogens with one attached hydrogen (secondary N) is 2. The van der Waals surface area contributed by atoms with Crippen LogP contribution in [0.2, 0.25) is 0 Å². The van der Waals surface area contributed by atoms with Gasteiger partial charge in [0.05, 0.1) is 11.9 Å². The van der Waals surface area contributed by atoms with Gasteiger partial charge in [0, 0.05) is 4.88 Å². The molecule has 2 N–H and O–H groups in total. The Morgan fingerprint density at radius 3 is 2.71 bits per heavy atom. The van der Waals surface area contributed by atoms with E-state index in [4.69, 9.17) is 0 Å². The first-order chi connectivity index (χ1) is 14.8. The SMILES string of the molecule is Cc1ccc([C@@]2(C)NC(=O)N(Cc3nc4sc5c(c4c(=O)[nH]3)CC[C@@H](C)C5)C2=O)cc1. The van der Waals surface area contributed by atoms with Gasteiger partial charge >= 0.3 is 6.03 Å². The van der Waals surface area contributed by atoms with Gasteiger partial charge in [-0.3, -0.25) is 14.5 Å². The molecule has 0 radical (unpaired) electrons. The number of aromatic amines is 1. The molecular formula is C23H24N4O3S. The van der Waals surface area contributed by atoms with Crippen molar-refractivity contribution in [2.45, 2.75) is 52.1 Å². The largest absolute Gasteiger partial charge is 0.325 e. The van der Waals surface area contributed by atoms with Gasteiger partial charge < -0.3 is 10.3 Å². The van der Waals surface area contributed by atoms with Crippen molar-refractivity contribution < 1.29 is 9.59 Å². The van der Waals surface area contributed by atoms with Crippen LogP contribution in [0.15, 0.2) is 29.1 Å². The van der Waals surface area contributed by atoms with Gasteiger partial charge in [-0.1, -0.05) is 36.8 Å². The first-order valence-electron chi connectivity index (χ1n) is 10.5. The molecule has 31 heavy (non-hydrogen) atoms. The van der Waals surface area contributed by atoms with Crippen LogP contribution < -0.4 is 10.9 Å². The Balaban J connectivity index is 1.47. The number of carbonyl (C=O) groups is 2. The van der Waals surface area contributed by atoms with E-state index in [0.29, 0.717) is 22.0 Å². The fraction of sp³-hybridized carbons (Fsp3) is 0.391. The Hall–Kier alpha value is -3.00. The van der Waals surface area contributed by atoms with E-state index in [0.717, 1.165) is 40.9 Å². The molecule has 1 aliphatic heterocycles. The van der Waals surface area contributed by atoms with Crippen LogP contribution in [0.4, 0.5) is 4.79 Å². The number of thiophene rings is 1. The summed E-state index contributed by atoms with van der Waals surface area (Å²) in [5.41, 5.74) is 1.56. The van der Waals surface area contributed by atoms with E-state index in [-0.39, 0.29) is 18.0 Å². The van der Waals surface area contributed by atoms with E-state index >= 15 is 0 Å². The molecule has 2 aliphatic rings. The van der Waals surface area contributed by atoms with E-state index in [9.17, 15) is 14.4 Å². The van der Waals surface area contributed by atoms with E-state index in [1.165, 1.54) is 4.88 Å². The Morgan fingerprint density at radius 2 is 1.97 bits per heavy atom. The third-order valence-corrected chi connectivity index (χ3v) is 7.57. The molecule has 1 aliphatic carbocycles. The number of H-pyrrole nitrogens is 1. The highest BCUT2D eigenvalue weighted by atomic mass is 32.1. The fourth-order valence-electron chi connectivity index (χ4n) is 4.54. The third kappa shape index (κ3) is 3.17. The Bertz CT molecular complexity index is 1280. The van der Waals surface area contributed by atoms with E-state index in [1.54, 1.807) is 18.3 Å². The summed E-state index contributed by atoms with van der Waals surface area (Å²) in [5, 5.41) is 3.47. The molecule has 2 aromatic heterocycles. The van der Waals surface area contributed by atoms with Gasteiger partial charge in [0.2, 0.25) is 0 Å². The summed E-state index contributed by atoms with van der Waals surface area (Å²) in [7, 11) is 0. The number of imide groups is 1. The van der Waals surface area contributed by atoms with Crippen LogP contribution in [0.3, 0.4) is 0 Å². The molecule has 2 atom stereocenters. The molecule has 3 amide bonds. The first-order valence-corrected chi connectivity index (χ1v) is 11.3. The Morgan fingerprint density at radius 1 is 1.23 bits per heavy atom. The molecule has 3 heterocycles. The number of aryl methyl sites for hydroxylation is 2. The third-order valence-electron chi connectivity index (χ3n) is 6.43. The molecule has 1 saturated heterocycles. The maximum absolute atomic E-state index is 13.2. The molecule has 1 aromatic carbocycles. The molecule has 1 fully saturated rings. The number of fused-ring (bicyclic) bond motifs is 3. The van der Waals surface area contributed by atoms with Crippen LogP contribution in [0.25, 0.3) is 10.2 Å². The Kier molecular flexibility index (Phi) is 4.51. The average molecular weight is 437 g/mol. The van der Waals surface area contributed by atoms with Crippen molar-refractivity contribution in [2.24, 2.45) is 5.92 Å². The van der Waals surface area contributed by atoms with Crippen LogP contribution >= 0.6 is 11.3 Å². The Labute approximate surface area is 183 Å². The summed E-state index contributed by atoms with van der Waals surface area (Å²) >= 11 is 1.55. The summed E-state index contributed by atoms with van der Waals surface area (Å²) in [5.74, 6) is 0.564. The summed E-state index contributed by atoms with van der Waals surface area (Å²) in [6.45, 7) is 5.82. The topological polar surface area (TPSA) is 95.2 Å². The number of hydrogen-bond donors (Lipinski definition) is 2. The molecule has 0 spiro atoms. The van der Waals surface area contributed by atoms with Crippen molar-refractivity contribution in [2.75, 3.05) is 0 Å².